The van der Waals surface area contributed by atoms with Gasteiger partial charge >= 0.3 is 6.03 Å². The zero-order valence-electron chi connectivity index (χ0n) is 15.6. The van der Waals surface area contributed by atoms with Crippen molar-refractivity contribution in [3.63, 3.8) is 0 Å². The standard InChI is InChI=1S/C21H26N4O2/c1-22-20(26)15-16-7-9-17(10-8-16)23-21(27)24-18-11-13-25(14-12-18)19-5-3-2-4-6-19/h2-10,18H,11-15H2,1H3,(H,22,26)(H2,23,24,27). The van der Waals surface area contributed by atoms with Crippen molar-refractivity contribution in [2.45, 2.75) is 25.3 Å². The van der Waals surface area contributed by atoms with Gasteiger partial charge in [-0.3, -0.25) is 4.79 Å². The van der Waals surface area contributed by atoms with Crippen molar-refractivity contribution < 1.29 is 9.59 Å². The van der Waals surface area contributed by atoms with Crippen molar-refractivity contribution in [3.05, 3.63) is 60.2 Å². The summed E-state index contributed by atoms with van der Waals surface area (Å²) in [6.45, 7) is 1.87. The van der Waals surface area contributed by atoms with Gasteiger partial charge in [0.15, 0.2) is 0 Å². The molecule has 2 aromatic rings. The van der Waals surface area contributed by atoms with E-state index in [-0.39, 0.29) is 18.0 Å². The largest absolute Gasteiger partial charge is 0.371 e. The van der Waals surface area contributed by atoms with Gasteiger partial charge < -0.3 is 20.9 Å². The van der Waals surface area contributed by atoms with Crippen LogP contribution in [-0.2, 0) is 11.2 Å². The quantitative estimate of drug-likeness (QED) is 0.762. The highest BCUT2D eigenvalue weighted by Crippen LogP contribution is 2.19. The highest BCUT2D eigenvalue weighted by atomic mass is 16.2. The number of hydrogen-bond donors (Lipinski definition) is 3. The minimum absolute atomic E-state index is 0.0321. The maximum absolute atomic E-state index is 12.2. The number of amides is 3. The van der Waals surface area contributed by atoms with Gasteiger partial charge in [0.05, 0.1) is 6.42 Å². The molecule has 2 aromatic carbocycles. The maximum Gasteiger partial charge on any atom is 0.319 e. The fraction of sp³-hybridized carbons (Fsp3) is 0.333. The van der Waals surface area contributed by atoms with Gasteiger partial charge in [0.1, 0.15) is 0 Å². The first kappa shape index (κ1) is 18.8. The normalized spacial score (nSPS) is 14.5. The first-order valence-electron chi connectivity index (χ1n) is 9.31. The molecule has 1 heterocycles. The van der Waals surface area contributed by atoms with E-state index in [1.807, 2.05) is 42.5 Å². The molecule has 0 saturated carbocycles. The number of urea groups is 1. The lowest BCUT2D eigenvalue weighted by Gasteiger charge is -2.33. The van der Waals surface area contributed by atoms with E-state index in [2.05, 4.69) is 33.0 Å². The number of benzene rings is 2. The number of para-hydroxylation sites is 1. The van der Waals surface area contributed by atoms with E-state index in [0.717, 1.165) is 37.2 Å². The number of nitrogens with one attached hydrogen (secondary N) is 3. The average Bonchev–Trinajstić information content (AvgIpc) is 2.70. The first-order chi connectivity index (χ1) is 13.1. The molecule has 0 unspecified atom stereocenters. The second-order valence-electron chi connectivity index (χ2n) is 6.74. The number of anilines is 2. The fourth-order valence-corrected chi connectivity index (χ4v) is 3.25. The molecule has 6 heteroatoms. The van der Waals surface area contributed by atoms with Crippen molar-refractivity contribution in [2.75, 3.05) is 30.4 Å². The lowest BCUT2D eigenvalue weighted by Crippen LogP contribution is -2.46. The van der Waals surface area contributed by atoms with Gasteiger partial charge in [-0.1, -0.05) is 30.3 Å². The molecule has 0 radical (unpaired) electrons. The molecule has 3 N–H and O–H groups in total. The Hall–Kier alpha value is -3.02. The Bertz CT molecular complexity index is 754. The predicted molar refractivity (Wildman–Crippen MR) is 108 cm³/mol. The van der Waals surface area contributed by atoms with Crippen molar-refractivity contribution >= 4 is 23.3 Å². The van der Waals surface area contributed by atoms with E-state index in [9.17, 15) is 9.59 Å². The van der Waals surface area contributed by atoms with Crippen molar-refractivity contribution in [1.29, 1.82) is 0 Å². The van der Waals surface area contributed by atoms with E-state index in [4.69, 9.17) is 0 Å². The smallest absolute Gasteiger partial charge is 0.319 e. The Morgan fingerprint density at radius 1 is 1.00 bits per heavy atom. The molecule has 0 atom stereocenters. The van der Waals surface area contributed by atoms with Crippen molar-refractivity contribution in [3.8, 4) is 0 Å². The summed E-state index contributed by atoms with van der Waals surface area (Å²) in [6, 6.07) is 17.7. The molecular formula is C21H26N4O2. The van der Waals surface area contributed by atoms with Crippen LogP contribution in [0.5, 0.6) is 0 Å². The summed E-state index contributed by atoms with van der Waals surface area (Å²) >= 11 is 0. The molecule has 6 nitrogen and oxygen atoms in total. The van der Waals surface area contributed by atoms with Crippen LogP contribution in [-0.4, -0.2) is 38.1 Å². The Morgan fingerprint density at radius 3 is 2.30 bits per heavy atom. The van der Waals surface area contributed by atoms with Crippen LogP contribution in [0.15, 0.2) is 54.6 Å². The van der Waals surface area contributed by atoms with Gasteiger partial charge in [-0.15, -0.1) is 0 Å². The molecule has 3 rings (SSSR count). The fourth-order valence-electron chi connectivity index (χ4n) is 3.25. The molecule has 0 bridgehead atoms. The molecular weight excluding hydrogens is 340 g/mol. The lowest BCUT2D eigenvalue weighted by atomic mass is 10.0. The summed E-state index contributed by atoms with van der Waals surface area (Å²) in [5.74, 6) is -0.0321. The number of rotatable bonds is 5. The van der Waals surface area contributed by atoms with Gasteiger partial charge in [0.2, 0.25) is 5.91 Å². The minimum atomic E-state index is -0.188. The SMILES string of the molecule is CNC(=O)Cc1ccc(NC(=O)NC2CCN(c3ccccc3)CC2)cc1. The molecule has 1 saturated heterocycles. The molecule has 1 aliphatic heterocycles. The monoisotopic (exact) mass is 366 g/mol. The number of carbonyl (C=O) groups excluding carboxylic acids is 2. The van der Waals surface area contributed by atoms with Crippen LogP contribution < -0.4 is 20.9 Å². The maximum atomic E-state index is 12.2. The zero-order chi connectivity index (χ0) is 19.1. The Morgan fingerprint density at radius 2 is 1.67 bits per heavy atom. The van der Waals surface area contributed by atoms with Crippen LogP contribution in [0.3, 0.4) is 0 Å². The lowest BCUT2D eigenvalue weighted by molar-refractivity contribution is -0.119. The Balaban J connectivity index is 1.44. The summed E-state index contributed by atoms with van der Waals surface area (Å²) in [7, 11) is 1.62. The van der Waals surface area contributed by atoms with E-state index in [1.54, 1.807) is 7.05 Å². The zero-order valence-corrected chi connectivity index (χ0v) is 15.6. The predicted octanol–water partition coefficient (Wildman–Crippen LogP) is 2.77. The van der Waals surface area contributed by atoms with E-state index in [0.29, 0.717) is 6.42 Å². The van der Waals surface area contributed by atoms with Gasteiger partial charge in [0, 0.05) is 37.6 Å². The number of likely N-dealkylation sites (N-methyl/N-ethyl adjacent to an activating group) is 1. The second-order valence-corrected chi connectivity index (χ2v) is 6.74. The van der Waals surface area contributed by atoms with Crippen LogP contribution >= 0.6 is 0 Å². The number of carbonyl (C=O) groups is 2. The van der Waals surface area contributed by atoms with Gasteiger partial charge in [-0.05, 0) is 42.7 Å². The summed E-state index contributed by atoms with van der Waals surface area (Å²) in [5.41, 5.74) is 2.86. The first-order valence-corrected chi connectivity index (χ1v) is 9.31. The van der Waals surface area contributed by atoms with Crippen LogP contribution in [0.1, 0.15) is 18.4 Å². The van der Waals surface area contributed by atoms with E-state index >= 15 is 0 Å². The molecule has 27 heavy (non-hydrogen) atoms. The Labute approximate surface area is 159 Å². The summed E-state index contributed by atoms with van der Waals surface area (Å²) in [5, 5.41) is 8.51. The summed E-state index contributed by atoms with van der Waals surface area (Å²) < 4.78 is 0. The molecule has 0 aliphatic carbocycles. The van der Waals surface area contributed by atoms with Crippen LogP contribution in [0.25, 0.3) is 0 Å². The van der Waals surface area contributed by atoms with E-state index in [1.165, 1.54) is 5.69 Å². The molecule has 3 amide bonds. The highest BCUT2D eigenvalue weighted by Gasteiger charge is 2.20. The summed E-state index contributed by atoms with van der Waals surface area (Å²) in [6.07, 6.45) is 2.18. The third kappa shape index (κ3) is 5.48. The van der Waals surface area contributed by atoms with Crippen LogP contribution in [0, 0.1) is 0 Å². The van der Waals surface area contributed by atoms with Gasteiger partial charge in [-0.2, -0.15) is 0 Å². The molecule has 1 aliphatic rings. The molecule has 1 fully saturated rings. The minimum Gasteiger partial charge on any atom is -0.371 e. The van der Waals surface area contributed by atoms with Gasteiger partial charge in [0.25, 0.3) is 0 Å². The molecule has 0 spiro atoms. The number of nitrogens with zero attached hydrogens (tertiary/aromatic N) is 1. The van der Waals surface area contributed by atoms with Gasteiger partial charge in [-0.25, -0.2) is 4.79 Å². The topological polar surface area (TPSA) is 73.5 Å². The van der Waals surface area contributed by atoms with Crippen molar-refractivity contribution in [2.24, 2.45) is 0 Å². The average molecular weight is 366 g/mol. The molecule has 142 valence electrons. The van der Waals surface area contributed by atoms with Crippen LogP contribution in [0.4, 0.5) is 16.2 Å². The highest BCUT2D eigenvalue weighted by molar-refractivity contribution is 5.89. The Kier molecular flexibility index (Phi) is 6.30. The third-order valence-corrected chi connectivity index (χ3v) is 4.81. The number of piperidine rings is 1. The number of hydrogen-bond acceptors (Lipinski definition) is 3. The van der Waals surface area contributed by atoms with Crippen LogP contribution in [0.2, 0.25) is 0 Å². The summed E-state index contributed by atoms with van der Waals surface area (Å²) in [4.78, 5) is 26.0. The molecule has 0 aromatic heterocycles. The third-order valence-electron chi connectivity index (χ3n) is 4.81. The van der Waals surface area contributed by atoms with Crippen molar-refractivity contribution in [1.82, 2.24) is 10.6 Å². The second kappa shape index (κ2) is 9.07. The van der Waals surface area contributed by atoms with E-state index < -0.39 is 0 Å².